The summed E-state index contributed by atoms with van der Waals surface area (Å²) in [6.45, 7) is 5.82. The Morgan fingerprint density at radius 3 is 3.11 bits per heavy atom. The lowest BCUT2D eigenvalue weighted by Crippen LogP contribution is -2.40. The van der Waals surface area contributed by atoms with Gasteiger partial charge in [0.05, 0.1) is 25.5 Å². The first-order chi connectivity index (χ1) is 13.3. The lowest BCUT2D eigenvalue weighted by Gasteiger charge is -2.24. The Bertz CT molecular complexity index is 691. The summed E-state index contributed by atoms with van der Waals surface area (Å²) in [4.78, 5) is 6.89. The number of aliphatic imine (C=N–C) groups is 1. The van der Waals surface area contributed by atoms with Gasteiger partial charge in [0.1, 0.15) is 17.9 Å². The van der Waals surface area contributed by atoms with Gasteiger partial charge in [-0.05, 0) is 31.4 Å². The average molecular weight is 374 g/mol. The van der Waals surface area contributed by atoms with Crippen molar-refractivity contribution in [2.45, 2.75) is 51.8 Å². The predicted molar refractivity (Wildman–Crippen MR) is 103 cm³/mol. The highest BCUT2D eigenvalue weighted by Gasteiger charge is 2.15. The molecule has 1 N–H and O–H groups in total. The molecule has 3 rings (SSSR count). The van der Waals surface area contributed by atoms with Gasteiger partial charge >= 0.3 is 0 Å². The molecule has 1 aliphatic rings. The highest BCUT2D eigenvalue weighted by atomic mass is 16.5. The van der Waals surface area contributed by atoms with Crippen LogP contribution in [0.2, 0.25) is 0 Å². The molecular formula is C19H30N6O2. The molecule has 1 unspecified atom stereocenters. The van der Waals surface area contributed by atoms with E-state index in [2.05, 4.69) is 31.9 Å². The van der Waals surface area contributed by atoms with Crippen LogP contribution in [-0.2, 0) is 24.2 Å². The second kappa shape index (κ2) is 10.1. The third kappa shape index (κ3) is 5.82. The smallest absolute Gasteiger partial charge is 0.194 e. The number of hydrogen-bond acceptors (Lipinski definition) is 5. The molecule has 0 radical (unpaired) electrons. The molecule has 1 fully saturated rings. The molecule has 1 saturated heterocycles. The molecule has 0 aliphatic carbocycles. The summed E-state index contributed by atoms with van der Waals surface area (Å²) in [5.74, 6) is 2.76. The summed E-state index contributed by atoms with van der Waals surface area (Å²) in [6.07, 6.45) is 8.03. The molecule has 0 saturated carbocycles. The van der Waals surface area contributed by atoms with Crippen LogP contribution >= 0.6 is 0 Å². The van der Waals surface area contributed by atoms with E-state index in [4.69, 9.17) is 14.1 Å². The van der Waals surface area contributed by atoms with Gasteiger partial charge in [0.25, 0.3) is 0 Å². The molecule has 0 amide bonds. The molecule has 3 heterocycles. The lowest BCUT2D eigenvalue weighted by molar-refractivity contribution is 0.0223. The summed E-state index contributed by atoms with van der Waals surface area (Å²) < 4.78 is 13.4. The number of aryl methyl sites for hydroxylation is 1. The molecule has 8 heteroatoms. The molecule has 148 valence electrons. The first kappa shape index (κ1) is 19.4. The topological polar surface area (TPSA) is 80.7 Å². The Balaban J connectivity index is 1.58. The van der Waals surface area contributed by atoms with E-state index >= 15 is 0 Å². The fourth-order valence-corrected chi connectivity index (χ4v) is 3.19. The van der Waals surface area contributed by atoms with E-state index in [1.54, 1.807) is 12.6 Å². The van der Waals surface area contributed by atoms with Gasteiger partial charge in [-0.3, -0.25) is 4.99 Å². The molecule has 0 bridgehead atoms. The van der Waals surface area contributed by atoms with E-state index in [0.29, 0.717) is 13.1 Å². The Morgan fingerprint density at radius 1 is 1.44 bits per heavy atom. The van der Waals surface area contributed by atoms with E-state index in [1.807, 2.05) is 19.2 Å². The molecular weight excluding hydrogens is 344 g/mol. The zero-order valence-corrected chi connectivity index (χ0v) is 16.3. The number of aromatic nitrogens is 3. The number of guanidine groups is 1. The molecule has 0 aromatic carbocycles. The van der Waals surface area contributed by atoms with Crippen LogP contribution in [-0.4, -0.2) is 58.5 Å². The normalized spacial score (nSPS) is 17.9. The minimum absolute atomic E-state index is 0.220. The van der Waals surface area contributed by atoms with Gasteiger partial charge in [0.15, 0.2) is 5.96 Å². The average Bonchev–Trinajstić information content (AvgIpc) is 3.36. The molecule has 2 aromatic rings. The van der Waals surface area contributed by atoms with Crippen LogP contribution in [0.5, 0.6) is 0 Å². The molecule has 8 nitrogen and oxygen atoms in total. The molecule has 27 heavy (non-hydrogen) atoms. The number of furan rings is 1. The van der Waals surface area contributed by atoms with Crippen molar-refractivity contribution in [1.29, 1.82) is 0 Å². The van der Waals surface area contributed by atoms with E-state index in [1.165, 1.54) is 6.42 Å². The third-order valence-corrected chi connectivity index (χ3v) is 4.70. The van der Waals surface area contributed by atoms with Crippen molar-refractivity contribution in [1.82, 2.24) is 25.0 Å². The molecule has 1 aliphatic heterocycles. The fraction of sp³-hybridized carbons (Fsp3) is 0.632. The molecule has 0 spiro atoms. The number of nitrogens with one attached hydrogen (secondary N) is 1. The van der Waals surface area contributed by atoms with Gasteiger partial charge in [-0.2, -0.15) is 0 Å². The number of hydrogen-bond donors (Lipinski definition) is 1. The maximum absolute atomic E-state index is 5.82. The van der Waals surface area contributed by atoms with Gasteiger partial charge in [0.2, 0.25) is 0 Å². The maximum Gasteiger partial charge on any atom is 0.194 e. The second-order valence-electron chi connectivity index (χ2n) is 6.81. The summed E-state index contributed by atoms with van der Waals surface area (Å²) in [6, 6.07) is 3.88. The molecule has 2 aromatic heterocycles. The van der Waals surface area contributed by atoms with Crippen LogP contribution in [0.3, 0.4) is 0 Å². The van der Waals surface area contributed by atoms with Crippen LogP contribution in [0.15, 0.2) is 34.1 Å². The van der Waals surface area contributed by atoms with Crippen LogP contribution < -0.4 is 5.32 Å². The van der Waals surface area contributed by atoms with Gasteiger partial charge in [-0.15, -0.1) is 10.2 Å². The van der Waals surface area contributed by atoms with E-state index in [0.717, 1.165) is 56.5 Å². The summed E-state index contributed by atoms with van der Waals surface area (Å²) in [5.41, 5.74) is 0. The lowest BCUT2D eigenvalue weighted by atomic mass is 10.1. The molecule has 1 atom stereocenters. The van der Waals surface area contributed by atoms with Gasteiger partial charge in [-0.25, -0.2) is 0 Å². The first-order valence-corrected chi connectivity index (χ1v) is 9.76. The monoisotopic (exact) mass is 374 g/mol. The van der Waals surface area contributed by atoms with Crippen LogP contribution in [0.25, 0.3) is 0 Å². The van der Waals surface area contributed by atoms with Crippen molar-refractivity contribution in [2.75, 3.05) is 26.7 Å². The largest absolute Gasteiger partial charge is 0.467 e. The van der Waals surface area contributed by atoms with Crippen molar-refractivity contribution in [2.24, 2.45) is 4.99 Å². The highest BCUT2D eigenvalue weighted by molar-refractivity contribution is 5.79. The fourth-order valence-electron chi connectivity index (χ4n) is 3.19. The van der Waals surface area contributed by atoms with Crippen molar-refractivity contribution < 1.29 is 9.15 Å². The minimum Gasteiger partial charge on any atom is -0.467 e. The zero-order valence-electron chi connectivity index (χ0n) is 16.3. The number of ether oxygens (including phenoxy) is 1. The highest BCUT2D eigenvalue weighted by Crippen LogP contribution is 2.13. The van der Waals surface area contributed by atoms with Crippen LogP contribution in [0, 0.1) is 0 Å². The number of nitrogens with zero attached hydrogens (tertiary/aromatic N) is 5. The van der Waals surface area contributed by atoms with Gasteiger partial charge in [0, 0.05) is 33.2 Å². The van der Waals surface area contributed by atoms with Crippen LogP contribution in [0.1, 0.15) is 37.8 Å². The Morgan fingerprint density at radius 2 is 2.37 bits per heavy atom. The van der Waals surface area contributed by atoms with Gasteiger partial charge < -0.3 is 23.9 Å². The zero-order chi connectivity index (χ0) is 18.9. The summed E-state index contributed by atoms with van der Waals surface area (Å²) in [5, 5.41) is 11.6. The van der Waals surface area contributed by atoms with Crippen molar-refractivity contribution >= 4 is 5.96 Å². The Hall–Kier alpha value is -2.35. The van der Waals surface area contributed by atoms with Crippen LogP contribution in [0.4, 0.5) is 0 Å². The van der Waals surface area contributed by atoms with Crippen molar-refractivity contribution in [3.63, 3.8) is 0 Å². The second-order valence-corrected chi connectivity index (χ2v) is 6.81. The summed E-state index contributed by atoms with van der Waals surface area (Å²) >= 11 is 0. The maximum atomic E-state index is 5.82. The third-order valence-electron chi connectivity index (χ3n) is 4.70. The Labute approximate surface area is 160 Å². The van der Waals surface area contributed by atoms with Crippen molar-refractivity contribution in [3.8, 4) is 0 Å². The van der Waals surface area contributed by atoms with E-state index in [-0.39, 0.29) is 6.10 Å². The van der Waals surface area contributed by atoms with E-state index < -0.39 is 0 Å². The summed E-state index contributed by atoms with van der Waals surface area (Å²) in [7, 11) is 2.02. The SMILES string of the molecule is CCc1nncn1CCNC(=NCC1CCCCO1)N(C)Cc1ccco1. The Kier molecular flexibility index (Phi) is 7.27. The quantitative estimate of drug-likeness (QED) is 0.563. The van der Waals surface area contributed by atoms with Gasteiger partial charge in [-0.1, -0.05) is 6.92 Å². The predicted octanol–water partition coefficient (Wildman–Crippen LogP) is 2.08. The van der Waals surface area contributed by atoms with E-state index in [9.17, 15) is 0 Å². The first-order valence-electron chi connectivity index (χ1n) is 9.76. The standard InChI is InChI=1S/C19H30N6O2/c1-3-18-23-22-15-25(18)10-9-20-19(21-13-16-7-4-5-11-26-16)24(2)14-17-8-6-12-27-17/h6,8,12,15-16H,3-5,7,9-11,13-14H2,1-2H3,(H,20,21). The number of rotatable bonds is 8. The minimum atomic E-state index is 0.220. The van der Waals surface area contributed by atoms with Crippen molar-refractivity contribution in [3.05, 3.63) is 36.3 Å².